The molecule has 3 nitrogen and oxygen atoms in total. The van der Waals surface area contributed by atoms with Gasteiger partial charge in [-0.1, -0.05) is 63.8 Å². The average Bonchev–Trinajstić information content (AvgIpc) is 2.52. The number of ether oxygens (including phenoxy) is 1. The van der Waals surface area contributed by atoms with E-state index >= 15 is 0 Å². The van der Waals surface area contributed by atoms with E-state index in [9.17, 15) is 9.59 Å². The molecule has 1 atom stereocenters. The van der Waals surface area contributed by atoms with E-state index in [2.05, 4.69) is 13.8 Å². The molecule has 128 valence electrons. The minimum atomic E-state index is -0.739. The van der Waals surface area contributed by atoms with E-state index in [1.807, 2.05) is 25.1 Å². The molecule has 0 saturated heterocycles. The van der Waals surface area contributed by atoms with Gasteiger partial charge in [0, 0.05) is 5.56 Å². The maximum Gasteiger partial charge on any atom is 0.316 e. The van der Waals surface area contributed by atoms with E-state index in [1.165, 1.54) is 19.3 Å². The predicted octanol–water partition coefficient (Wildman–Crippen LogP) is 4.96. The van der Waals surface area contributed by atoms with Crippen LogP contribution >= 0.6 is 0 Å². The molecular formula is C20H30O3. The van der Waals surface area contributed by atoms with Gasteiger partial charge in [0.1, 0.15) is 5.92 Å². The zero-order valence-electron chi connectivity index (χ0n) is 14.9. The van der Waals surface area contributed by atoms with Gasteiger partial charge in [-0.15, -0.1) is 0 Å². The van der Waals surface area contributed by atoms with E-state index < -0.39 is 11.9 Å². The highest BCUT2D eigenvalue weighted by Crippen LogP contribution is 2.15. The van der Waals surface area contributed by atoms with Crippen LogP contribution in [0.25, 0.3) is 0 Å². The number of esters is 1. The second-order valence-corrected chi connectivity index (χ2v) is 6.67. The van der Waals surface area contributed by atoms with Crippen molar-refractivity contribution < 1.29 is 14.3 Å². The smallest absolute Gasteiger partial charge is 0.316 e. The molecule has 3 heteroatoms. The molecular weight excluding hydrogens is 288 g/mol. The Morgan fingerprint density at radius 3 is 2.30 bits per heavy atom. The first kappa shape index (κ1) is 19.4. The van der Waals surface area contributed by atoms with Crippen molar-refractivity contribution in [3.63, 3.8) is 0 Å². The van der Waals surface area contributed by atoms with Crippen LogP contribution in [0.3, 0.4) is 0 Å². The number of unbranched alkanes of at least 4 members (excludes halogenated alkanes) is 3. The monoisotopic (exact) mass is 318 g/mol. The lowest BCUT2D eigenvalue weighted by atomic mass is 9.96. The van der Waals surface area contributed by atoms with E-state index in [0.717, 1.165) is 24.3 Å². The fraction of sp³-hybridized carbons (Fsp3) is 0.600. The van der Waals surface area contributed by atoms with Gasteiger partial charge in [-0.25, -0.2) is 0 Å². The predicted molar refractivity (Wildman–Crippen MR) is 93.6 cm³/mol. The van der Waals surface area contributed by atoms with Gasteiger partial charge in [-0.05, 0) is 31.7 Å². The molecule has 0 spiro atoms. The van der Waals surface area contributed by atoms with Crippen LogP contribution in [0.5, 0.6) is 0 Å². The van der Waals surface area contributed by atoms with Crippen molar-refractivity contribution >= 4 is 11.8 Å². The minimum absolute atomic E-state index is 0.162. The zero-order valence-corrected chi connectivity index (χ0v) is 14.9. The second-order valence-electron chi connectivity index (χ2n) is 6.67. The lowest BCUT2D eigenvalue weighted by molar-refractivity contribution is -0.146. The molecule has 0 radical (unpaired) electrons. The molecule has 1 aromatic rings. The maximum atomic E-state index is 12.3. The van der Waals surface area contributed by atoms with Crippen molar-refractivity contribution in [2.45, 2.75) is 59.8 Å². The van der Waals surface area contributed by atoms with Crippen LogP contribution in [0.2, 0.25) is 0 Å². The number of hydrogen-bond donors (Lipinski definition) is 0. The van der Waals surface area contributed by atoms with Crippen LogP contribution in [0.4, 0.5) is 0 Å². The van der Waals surface area contributed by atoms with Gasteiger partial charge in [-0.3, -0.25) is 9.59 Å². The summed E-state index contributed by atoms with van der Waals surface area (Å²) in [5.41, 5.74) is 1.49. The average molecular weight is 318 g/mol. The third-order valence-corrected chi connectivity index (χ3v) is 4.08. The standard InChI is InChI=1S/C20H30O3/c1-15(2)11-7-5-6-10-14-23-20(22)17(4)19(21)18-13-9-8-12-16(18)3/h8-9,12-13,15,17H,5-7,10-11,14H2,1-4H3. The topological polar surface area (TPSA) is 43.4 Å². The number of ketones is 1. The highest BCUT2D eigenvalue weighted by molar-refractivity contribution is 6.09. The molecule has 1 unspecified atom stereocenters. The first-order chi connectivity index (χ1) is 10.9. The Labute approximate surface area is 140 Å². The van der Waals surface area contributed by atoms with Crippen molar-refractivity contribution in [1.29, 1.82) is 0 Å². The summed E-state index contributed by atoms with van der Waals surface area (Å²) in [5, 5.41) is 0. The van der Waals surface area contributed by atoms with Crippen molar-refractivity contribution in [2.24, 2.45) is 11.8 Å². The summed E-state index contributed by atoms with van der Waals surface area (Å²) in [4.78, 5) is 24.3. The Bertz CT molecular complexity index is 505. The van der Waals surface area contributed by atoms with Crippen LogP contribution in [-0.4, -0.2) is 18.4 Å². The van der Waals surface area contributed by atoms with Gasteiger partial charge in [0.2, 0.25) is 0 Å². The van der Waals surface area contributed by atoms with Crippen molar-refractivity contribution in [3.8, 4) is 0 Å². The Hall–Kier alpha value is -1.64. The van der Waals surface area contributed by atoms with Crippen LogP contribution in [0.1, 0.15) is 68.8 Å². The van der Waals surface area contributed by atoms with Gasteiger partial charge >= 0.3 is 5.97 Å². The SMILES string of the molecule is Cc1ccccc1C(=O)C(C)C(=O)OCCCCCCC(C)C. The number of carbonyl (C=O) groups excluding carboxylic acids is 2. The van der Waals surface area contributed by atoms with Gasteiger partial charge in [-0.2, -0.15) is 0 Å². The first-order valence-electron chi connectivity index (χ1n) is 8.70. The third-order valence-electron chi connectivity index (χ3n) is 4.08. The van der Waals surface area contributed by atoms with Crippen LogP contribution in [-0.2, 0) is 9.53 Å². The van der Waals surface area contributed by atoms with Gasteiger partial charge in [0.25, 0.3) is 0 Å². The summed E-state index contributed by atoms with van der Waals surface area (Å²) >= 11 is 0. The number of Topliss-reactive ketones (excluding diaryl/α,β-unsaturated/α-hetero) is 1. The van der Waals surface area contributed by atoms with E-state index in [4.69, 9.17) is 4.74 Å². The Morgan fingerprint density at radius 2 is 1.65 bits per heavy atom. The summed E-state index contributed by atoms with van der Waals surface area (Å²) < 4.78 is 5.25. The van der Waals surface area contributed by atoms with Crippen LogP contribution < -0.4 is 0 Å². The summed E-state index contributed by atoms with van der Waals surface area (Å²) in [6.45, 7) is 8.37. The molecule has 23 heavy (non-hydrogen) atoms. The molecule has 0 aliphatic heterocycles. The lowest BCUT2D eigenvalue weighted by Gasteiger charge is -2.12. The fourth-order valence-corrected chi connectivity index (χ4v) is 2.50. The van der Waals surface area contributed by atoms with E-state index in [-0.39, 0.29) is 5.78 Å². The highest BCUT2D eigenvalue weighted by atomic mass is 16.5. The molecule has 0 aliphatic carbocycles. The maximum absolute atomic E-state index is 12.3. The largest absolute Gasteiger partial charge is 0.465 e. The number of rotatable bonds is 10. The normalized spacial score (nSPS) is 12.2. The number of benzene rings is 1. The quantitative estimate of drug-likeness (QED) is 0.265. The van der Waals surface area contributed by atoms with Crippen molar-refractivity contribution in [3.05, 3.63) is 35.4 Å². The molecule has 0 fully saturated rings. The molecule has 0 heterocycles. The molecule has 0 saturated carbocycles. The van der Waals surface area contributed by atoms with Crippen LogP contribution in [0, 0.1) is 18.8 Å². The molecule has 1 aromatic carbocycles. The van der Waals surface area contributed by atoms with E-state index in [0.29, 0.717) is 12.2 Å². The number of carbonyl (C=O) groups is 2. The number of aryl methyl sites for hydroxylation is 1. The lowest BCUT2D eigenvalue weighted by Crippen LogP contribution is -2.24. The van der Waals surface area contributed by atoms with Crippen LogP contribution in [0.15, 0.2) is 24.3 Å². The van der Waals surface area contributed by atoms with Gasteiger partial charge in [0.05, 0.1) is 6.61 Å². The Balaban J connectivity index is 2.29. The van der Waals surface area contributed by atoms with Crippen molar-refractivity contribution in [1.82, 2.24) is 0 Å². The van der Waals surface area contributed by atoms with Gasteiger partial charge in [0.15, 0.2) is 5.78 Å². The zero-order chi connectivity index (χ0) is 17.2. The third kappa shape index (κ3) is 6.98. The summed E-state index contributed by atoms with van der Waals surface area (Å²) in [5.74, 6) is -0.566. The van der Waals surface area contributed by atoms with E-state index in [1.54, 1.807) is 13.0 Å². The first-order valence-corrected chi connectivity index (χ1v) is 8.70. The fourth-order valence-electron chi connectivity index (χ4n) is 2.50. The summed E-state index contributed by atoms with van der Waals surface area (Å²) in [7, 11) is 0. The molecule has 0 aromatic heterocycles. The second kappa shape index (κ2) is 10.2. The van der Waals surface area contributed by atoms with Gasteiger partial charge < -0.3 is 4.74 Å². The molecule has 1 rings (SSSR count). The van der Waals surface area contributed by atoms with Crippen molar-refractivity contribution in [2.75, 3.05) is 6.61 Å². The summed E-state index contributed by atoms with van der Waals surface area (Å²) in [6.07, 6.45) is 5.60. The minimum Gasteiger partial charge on any atom is -0.465 e. The number of hydrogen-bond acceptors (Lipinski definition) is 3. The molecule has 0 amide bonds. The Morgan fingerprint density at radius 1 is 1.00 bits per heavy atom. The molecule has 0 bridgehead atoms. The molecule has 0 N–H and O–H groups in total. The Kier molecular flexibility index (Phi) is 8.60. The summed E-state index contributed by atoms with van der Waals surface area (Å²) in [6, 6.07) is 7.34. The molecule has 0 aliphatic rings. The highest BCUT2D eigenvalue weighted by Gasteiger charge is 2.24.